The summed E-state index contributed by atoms with van der Waals surface area (Å²) >= 11 is 3.67. The van der Waals surface area contributed by atoms with Crippen LogP contribution < -0.4 is 14.8 Å². The fourth-order valence-electron chi connectivity index (χ4n) is 2.45. The summed E-state index contributed by atoms with van der Waals surface area (Å²) in [6.45, 7) is 7.38. The molecule has 2 rings (SSSR count). The van der Waals surface area contributed by atoms with Crippen LogP contribution in [-0.4, -0.2) is 13.2 Å². The average Bonchev–Trinajstić information content (AvgIpc) is 2.59. The van der Waals surface area contributed by atoms with Gasteiger partial charge >= 0.3 is 0 Å². The third-order valence-electron chi connectivity index (χ3n) is 3.76. The van der Waals surface area contributed by atoms with Crippen LogP contribution in [-0.2, 0) is 13.1 Å². The molecule has 0 saturated carbocycles. The second kappa shape index (κ2) is 10.4. The third-order valence-corrected chi connectivity index (χ3v) is 4.49. The van der Waals surface area contributed by atoms with Crippen LogP contribution in [0, 0.1) is 0 Å². The van der Waals surface area contributed by atoms with E-state index in [-0.39, 0.29) is 0 Å². The summed E-state index contributed by atoms with van der Waals surface area (Å²) in [6, 6.07) is 14.6. The van der Waals surface area contributed by atoms with E-state index in [1.807, 2.05) is 19.1 Å². The predicted molar refractivity (Wildman–Crippen MR) is 101 cm³/mol. The Kier molecular flexibility index (Phi) is 8.13. The number of ether oxygens (including phenoxy) is 2. The van der Waals surface area contributed by atoms with E-state index in [1.165, 1.54) is 11.1 Å². The number of unbranched alkanes of at least 4 members (excludes halogenated alkanes) is 1. The summed E-state index contributed by atoms with van der Waals surface area (Å²) in [7, 11) is 0. The number of nitrogens with two attached hydrogens (primary N) is 1. The summed E-state index contributed by atoms with van der Waals surface area (Å²) in [4.78, 5) is 0. The van der Waals surface area contributed by atoms with Gasteiger partial charge in [-0.3, -0.25) is 0 Å². The molecular formula is C20H27BrNO2+. The molecule has 0 spiro atoms. The highest BCUT2D eigenvalue weighted by atomic mass is 79.9. The molecule has 0 saturated heterocycles. The number of benzene rings is 2. The maximum Gasteiger partial charge on any atom is 0.162 e. The zero-order valence-corrected chi connectivity index (χ0v) is 16.1. The van der Waals surface area contributed by atoms with Gasteiger partial charge in [-0.1, -0.05) is 59.6 Å². The van der Waals surface area contributed by atoms with Crippen molar-refractivity contribution in [1.82, 2.24) is 0 Å². The molecule has 4 heteroatoms. The fraction of sp³-hybridized carbons (Fsp3) is 0.400. The van der Waals surface area contributed by atoms with E-state index in [2.05, 4.69) is 58.5 Å². The second-order valence-corrected chi connectivity index (χ2v) is 6.56. The van der Waals surface area contributed by atoms with Crippen LogP contribution in [0.4, 0.5) is 0 Å². The zero-order valence-electron chi connectivity index (χ0n) is 14.6. The molecule has 0 aliphatic carbocycles. The van der Waals surface area contributed by atoms with Crippen LogP contribution in [0.15, 0.2) is 46.9 Å². The van der Waals surface area contributed by atoms with Crippen molar-refractivity contribution in [3.05, 3.63) is 58.1 Å². The van der Waals surface area contributed by atoms with Crippen LogP contribution in [0.2, 0.25) is 0 Å². The van der Waals surface area contributed by atoms with Gasteiger partial charge in [-0.15, -0.1) is 0 Å². The van der Waals surface area contributed by atoms with Gasteiger partial charge in [0.1, 0.15) is 13.1 Å². The van der Waals surface area contributed by atoms with E-state index < -0.39 is 0 Å². The molecule has 0 unspecified atom stereocenters. The minimum Gasteiger partial charge on any atom is -0.490 e. The second-order valence-electron chi connectivity index (χ2n) is 5.71. The Labute approximate surface area is 153 Å². The predicted octanol–water partition coefficient (Wildman–Crippen LogP) is 4.29. The van der Waals surface area contributed by atoms with Gasteiger partial charge in [-0.05, 0) is 25.5 Å². The van der Waals surface area contributed by atoms with Crippen LogP contribution >= 0.6 is 15.9 Å². The van der Waals surface area contributed by atoms with E-state index in [4.69, 9.17) is 9.47 Å². The van der Waals surface area contributed by atoms with Gasteiger partial charge in [0.05, 0.1) is 13.2 Å². The van der Waals surface area contributed by atoms with Crippen LogP contribution in [0.1, 0.15) is 37.8 Å². The molecule has 2 aromatic carbocycles. The Morgan fingerprint density at radius 1 is 0.958 bits per heavy atom. The highest BCUT2D eigenvalue weighted by Gasteiger charge is 2.12. The smallest absolute Gasteiger partial charge is 0.162 e. The molecule has 2 N–H and O–H groups in total. The average molecular weight is 393 g/mol. The first-order chi connectivity index (χ1) is 11.7. The maximum atomic E-state index is 5.87. The van der Waals surface area contributed by atoms with Gasteiger partial charge in [-0.25, -0.2) is 0 Å². The highest BCUT2D eigenvalue weighted by molar-refractivity contribution is 9.10. The summed E-state index contributed by atoms with van der Waals surface area (Å²) in [6.07, 6.45) is 2.17. The van der Waals surface area contributed by atoms with E-state index >= 15 is 0 Å². The molecule has 0 aromatic heterocycles. The van der Waals surface area contributed by atoms with Gasteiger partial charge < -0.3 is 14.8 Å². The van der Waals surface area contributed by atoms with Crippen molar-refractivity contribution in [3.63, 3.8) is 0 Å². The number of hydrogen-bond acceptors (Lipinski definition) is 2. The molecule has 0 bridgehead atoms. The van der Waals surface area contributed by atoms with Crippen molar-refractivity contribution in [3.8, 4) is 11.5 Å². The van der Waals surface area contributed by atoms with Crippen molar-refractivity contribution < 1.29 is 14.8 Å². The molecular weight excluding hydrogens is 366 g/mol. The summed E-state index contributed by atoms with van der Waals surface area (Å²) in [5, 5.41) is 2.29. The monoisotopic (exact) mass is 392 g/mol. The SMILES string of the molecule is CCCCOc1cc(Br)c(C[NH2+]Cc2ccccc2)cc1OCC. The van der Waals surface area contributed by atoms with Crippen molar-refractivity contribution in [2.45, 2.75) is 39.8 Å². The largest absolute Gasteiger partial charge is 0.490 e. The first-order valence-electron chi connectivity index (χ1n) is 8.68. The first-order valence-corrected chi connectivity index (χ1v) is 9.47. The lowest BCUT2D eigenvalue weighted by Gasteiger charge is -2.14. The van der Waals surface area contributed by atoms with E-state index in [9.17, 15) is 0 Å². The number of rotatable bonds is 10. The molecule has 0 aliphatic heterocycles. The lowest BCUT2D eigenvalue weighted by atomic mass is 10.2. The molecule has 0 aliphatic rings. The van der Waals surface area contributed by atoms with Crippen LogP contribution in [0.5, 0.6) is 11.5 Å². The molecule has 3 nitrogen and oxygen atoms in total. The quantitative estimate of drug-likeness (QED) is 0.612. The third kappa shape index (κ3) is 5.84. The summed E-state index contributed by atoms with van der Waals surface area (Å²) in [5.41, 5.74) is 2.55. The van der Waals surface area contributed by atoms with Crippen LogP contribution in [0.25, 0.3) is 0 Å². The van der Waals surface area contributed by atoms with Crippen molar-refractivity contribution in [1.29, 1.82) is 0 Å². The lowest BCUT2D eigenvalue weighted by molar-refractivity contribution is -0.686. The molecule has 0 fully saturated rings. The van der Waals surface area contributed by atoms with Gasteiger partial charge in [-0.2, -0.15) is 0 Å². The number of quaternary nitrogens is 1. The van der Waals surface area contributed by atoms with Gasteiger partial charge in [0.15, 0.2) is 11.5 Å². The summed E-state index contributed by atoms with van der Waals surface area (Å²) in [5.74, 6) is 1.66. The Bertz CT molecular complexity index is 617. The standard InChI is InChI=1S/C20H26BrNO2/c1-3-5-11-24-20-13-18(21)17(12-19(20)23-4-2)15-22-14-16-9-7-6-8-10-16/h6-10,12-13,22H,3-5,11,14-15H2,1-2H3/p+1. The van der Waals surface area contributed by atoms with E-state index in [0.29, 0.717) is 6.61 Å². The fourth-order valence-corrected chi connectivity index (χ4v) is 2.93. The van der Waals surface area contributed by atoms with Crippen molar-refractivity contribution in [2.75, 3.05) is 13.2 Å². The molecule has 0 atom stereocenters. The molecule has 0 amide bonds. The van der Waals surface area contributed by atoms with Gasteiger partial charge in [0, 0.05) is 15.6 Å². The van der Waals surface area contributed by atoms with Crippen molar-refractivity contribution in [2.24, 2.45) is 0 Å². The number of hydrogen-bond donors (Lipinski definition) is 1. The lowest BCUT2D eigenvalue weighted by Crippen LogP contribution is -2.80. The first kappa shape index (κ1) is 18.8. The maximum absolute atomic E-state index is 5.87. The Hall–Kier alpha value is -1.52. The van der Waals surface area contributed by atoms with E-state index in [1.54, 1.807) is 0 Å². The van der Waals surface area contributed by atoms with Crippen LogP contribution in [0.3, 0.4) is 0 Å². The van der Waals surface area contributed by atoms with E-state index in [0.717, 1.165) is 48.5 Å². The number of halogens is 1. The molecule has 24 heavy (non-hydrogen) atoms. The van der Waals surface area contributed by atoms with Gasteiger partial charge in [0.2, 0.25) is 0 Å². The highest BCUT2D eigenvalue weighted by Crippen LogP contribution is 2.33. The minimum absolute atomic E-state index is 0.638. The Morgan fingerprint density at radius 2 is 1.71 bits per heavy atom. The topological polar surface area (TPSA) is 35.1 Å². The Balaban J connectivity index is 2.02. The Morgan fingerprint density at radius 3 is 2.42 bits per heavy atom. The zero-order chi connectivity index (χ0) is 17.2. The minimum atomic E-state index is 0.638. The molecule has 130 valence electrons. The van der Waals surface area contributed by atoms with Gasteiger partial charge in [0.25, 0.3) is 0 Å². The normalized spacial score (nSPS) is 10.6. The molecule has 2 aromatic rings. The molecule has 0 radical (unpaired) electrons. The van der Waals surface area contributed by atoms with Crippen molar-refractivity contribution >= 4 is 15.9 Å². The molecule has 0 heterocycles. The summed E-state index contributed by atoms with van der Waals surface area (Å²) < 4.78 is 12.7.